The van der Waals surface area contributed by atoms with Gasteiger partial charge in [0.2, 0.25) is 0 Å². The Morgan fingerprint density at radius 3 is 2.82 bits per heavy atom. The zero-order valence-electron chi connectivity index (χ0n) is 8.91. The molecule has 1 heterocycles. The standard InChI is InChI=1S/C11H10ClN3O2/c12-6-11(16)17-8-9-7-15(14-13-9)10-4-2-1-3-5-10/h1-5,7H,6,8H2. The topological polar surface area (TPSA) is 57.0 Å². The summed E-state index contributed by atoms with van der Waals surface area (Å²) in [5.41, 5.74) is 1.47. The molecular formula is C11H10ClN3O2. The molecule has 5 nitrogen and oxygen atoms in total. The van der Waals surface area contributed by atoms with Crippen molar-refractivity contribution >= 4 is 17.6 Å². The molecule has 2 aromatic rings. The first-order valence-corrected chi connectivity index (χ1v) is 5.51. The number of esters is 1. The second kappa shape index (κ2) is 5.45. The summed E-state index contributed by atoms with van der Waals surface area (Å²) in [6.45, 7) is 0.0817. The Kier molecular flexibility index (Phi) is 3.72. The summed E-state index contributed by atoms with van der Waals surface area (Å²) in [5.74, 6) is -0.631. The SMILES string of the molecule is O=C(CCl)OCc1cn(-c2ccccc2)nn1. The average Bonchev–Trinajstić information content (AvgIpc) is 2.86. The highest BCUT2D eigenvalue weighted by atomic mass is 35.5. The van der Waals surface area contributed by atoms with Crippen LogP contribution < -0.4 is 0 Å². The van der Waals surface area contributed by atoms with Crippen LogP contribution in [0.2, 0.25) is 0 Å². The number of para-hydroxylation sites is 1. The highest BCUT2D eigenvalue weighted by molar-refractivity contribution is 6.26. The molecule has 0 atom stereocenters. The average molecular weight is 252 g/mol. The number of aromatic nitrogens is 3. The molecule has 0 aliphatic carbocycles. The first kappa shape index (κ1) is 11.6. The van der Waals surface area contributed by atoms with E-state index >= 15 is 0 Å². The Morgan fingerprint density at radius 1 is 1.35 bits per heavy atom. The Hall–Kier alpha value is -1.88. The van der Waals surface area contributed by atoms with E-state index in [0.717, 1.165) is 5.69 Å². The van der Waals surface area contributed by atoms with Crippen molar-refractivity contribution in [1.29, 1.82) is 0 Å². The lowest BCUT2D eigenvalue weighted by Crippen LogP contribution is -2.05. The van der Waals surface area contributed by atoms with Crippen molar-refractivity contribution in [2.24, 2.45) is 0 Å². The van der Waals surface area contributed by atoms with Crippen LogP contribution in [0.1, 0.15) is 5.69 Å². The molecular weight excluding hydrogens is 242 g/mol. The maximum Gasteiger partial charge on any atom is 0.321 e. The molecule has 0 bridgehead atoms. The van der Waals surface area contributed by atoms with Gasteiger partial charge in [-0.05, 0) is 12.1 Å². The quantitative estimate of drug-likeness (QED) is 0.611. The van der Waals surface area contributed by atoms with E-state index < -0.39 is 5.97 Å². The van der Waals surface area contributed by atoms with E-state index in [0.29, 0.717) is 5.69 Å². The van der Waals surface area contributed by atoms with Gasteiger partial charge in [-0.2, -0.15) is 0 Å². The molecule has 0 aliphatic rings. The van der Waals surface area contributed by atoms with Gasteiger partial charge in [0.25, 0.3) is 0 Å². The number of halogens is 1. The molecule has 0 amide bonds. The number of benzene rings is 1. The number of nitrogens with zero attached hydrogens (tertiary/aromatic N) is 3. The van der Waals surface area contributed by atoms with Gasteiger partial charge in [-0.3, -0.25) is 4.79 Å². The van der Waals surface area contributed by atoms with Gasteiger partial charge in [0.05, 0.1) is 11.9 Å². The van der Waals surface area contributed by atoms with Crippen molar-refractivity contribution in [3.8, 4) is 5.69 Å². The Morgan fingerprint density at radius 2 is 2.12 bits per heavy atom. The summed E-state index contributed by atoms with van der Waals surface area (Å²) in [7, 11) is 0. The lowest BCUT2D eigenvalue weighted by atomic mass is 10.3. The number of hydrogen-bond acceptors (Lipinski definition) is 4. The van der Waals surface area contributed by atoms with Crippen molar-refractivity contribution in [2.45, 2.75) is 6.61 Å². The first-order valence-electron chi connectivity index (χ1n) is 4.98. The molecule has 1 aromatic heterocycles. The van der Waals surface area contributed by atoms with Crippen molar-refractivity contribution in [3.63, 3.8) is 0 Å². The zero-order valence-corrected chi connectivity index (χ0v) is 9.67. The van der Waals surface area contributed by atoms with Crippen LogP contribution in [0.3, 0.4) is 0 Å². The summed E-state index contributed by atoms with van der Waals surface area (Å²) in [5, 5.41) is 7.82. The Balaban J connectivity index is 2.04. The predicted molar refractivity (Wildman–Crippen MR) is 61.9 cm³/mol. The summed E-state index contributed by atoms with van der Waals surface area (Å²) >= 11 is 5.30. The number of carbonyl (C=O) groups is 1. The van der Waals surface area contributed by atoms with Crippen LogP contribution in [-0.2, 0) is 16.1 Å². The highest BCUT2D eigenvalue weighted by Crippen LogP contribution is 2.06. The van der Waals surface area contributed by atoms with Gasteiger partial charge < -0.3 is 4.74 Å². The summed E-state index contributed by atoms with van der Waals surface area (Å²) in [4.78, 5) is 10.9. The minimum Gasteiger partial charge on any atom is -0.458 e. The number of rotatable bonds is 4. The molecule has 88 valence electrons. The third-order valence-corrected chi connectivity index (χ3v) is 2.27. The van der Waals surface area contributed by atoms with E-state index in [1.54, 1.807) is 10.9 Å². The van der Waals surface area contributed by atoms with Crippen molar-refractivity contribution in [2.75, 3.05) is 5.88 Å². The smallest absolute Gasteiger partial charge is 0.321 e. The molecule has 0 aliphatic heterocycles. The number of ether oxygens (including phenoxy) is 1. The van der Waals surface area contributed by atoms with E-state index in [2.05, 4.69) is 10.3 Å². The number of hydrogen-bond donors (Lipinski definition) is 0. The minimum absolute atomic E-state index is 0.0817. The maximum absolute atomic E-state index is 10.9. The normalized spacial score (nSPS) is 10.2. The van der Waals surface area contributed by atoms with E-state index in [1.165, 1.54) is 0 Å². The van der Waals surface area contributed by atoms with Gasteiger partial charge in [0.15, 0.2) is 0 Å². The largest absolute Gasteiger partial charge is 0.458 e. The van der Waals surface area contributed by atoms with Crippen LogP contribution in [0.4, 0.5) is 0 Å². The van der Waals surface area contributed by atoms with Crippen LogP contribution >= 0.6 is 11.6 Å². The van der Waals surface area contributed by atoms with Crippen molar-refractivity contribution in [1.82, 2.24) is 15.0 Å². The monoisotopic (exact) mass is 251 g/mol. The van der Waals surface area contributed by atoms with Gasteiger partial charge in [-0.15, -0.1) is 16.7 Å². The summed E-state index contributed by atoms with van der Waals surface area (Å²) in [6.07, 6.45) is 1.71. The Labute approximate surface area is 103 Å². The molecule has 17 heavy (non-hydrogen) atoms. The fourth-order valence-corrected chi connectivity index (χ4v) is 1.34. The van der Waals surface area contributed by atoms with Gasteiger partial charge in [0, 0.05) is 0 Å². The van der Waals surface area contributed by atoms with E-state index in [4.69, 9.17) is 16.3 Å². The predicted octanol–water partition coefficient (Wildman–Crippen LogP) is 1.55. The van der Waals surface area contributed by atoms with Crippen molar-refractivity contribution in [3.05, 3.63) is 42.2 Å². The molecule has 6 heteroatoms. The molecule has 2 rings (SSSR count). The zero-order chi connectivity index (χ0) is 12.1. The molecule has 1 aromatic carbocycles. The molecule has 0 saturated carbocycles. The fourth-order valence-electron chi connectivity index (χ4n) is 1.26. The second-order valence-electron chi connectivity index (χ2n) is 3.28. The first-order chi connectivity index (χ1) is 8.29. The molecule has 0 saturated heterocycles. The number of carbonyl (C=O) groups excluding carboxylic acids is 1. The van der Waals surface area contributed by atoms with Crippen LogP contribution in [0, 0.1) is 0 Å². The van der Waals surface area contributed by atoms with Gasteiger partial charge in [-0.1, -0.05) is 23.4 Å². The second-order valence-corrected chi connectivity index (χ2v) is 3.55. The fraction of sp³-hybridized carbons (Fsp3) is 0.182. The van der Waals surface area contributed by atoms with Gasteiger partial charge >= 0.3 is 5.97 Å². The lowest BCUT2D eigenvalue weighted by molar-refractivity contribution is -0.141. The van der Waals surface area contributed by atoms with E-state index in [1.807, 2.05) is 30.3 Å². The minimum atomic E-state index is -0.471. The van der Waals surface area contributed by atoms with Gasteiger partial charge in [0.1, 0.15) is 18.2 Å². The van der Waals surface area contributed by atoms with Crippen LogP contribution in [0.5, 0.6) is 0 Å². The highest BCUT2D eigenvalue weighted by Gasteiger charge is 2.05. The summed E-state index contributed by atoms with van der Waals surface area (Å²) in [6, 6.07) is 9.55. The van der Waals surface area contributed by atoms with E-state index in [-0.39, 0.29) is 12.5 Å². The number of alkyl halides is 1. The Bertz CT molecular complexity index is 498. The molecule has 0 spiro atoms. The van der Waals surface area contributed by atoms with Crippen molar-refractivity contribution < 1.29 is 9.53 Å². The van der Waals surface area contributed by atoms with Crippen LogP contribution in [0.25, 0.3) is 5.69 Å². The molecule has 0 radical (unpaired) electrons. The van der Waals surface area contributed by atoms with E-state index in [9.17, 15) is 4.79 Å². The van der Waals surface area contributed by atoms with Crippen LogP contribution in [-0.4, -0.2) is 26.8 Å². The third kappa shape index (κ3) is 3.04. The van der Waals surface area contributed by atoms with Crippen LogP contribution in [0.15, 0.2) is 36.5 Å². The molecule has 0 N–H and O–H groups in total. The summed E-state index contributed by atoms with van der Waals surface area (Å²) < 4.78 is 6.45. The third-order valence-electron chi connectivity index (χ3n) is 2.05. The molecule has 0 unspecified atom stereocenters. The van der Waals surface area contributed by atoms with Gasteiger partial charge in [-0.25, -0.2) is 4.68 Å². The molecule has 0 fully saturated rings. The maximum atomic E-state index is 10.9. The lowest BCUT2D eigenvalue weighted by Gasteiger charge is -1.98.